The number of nitrogens with one attached hydrogen (secondary N) is 1. The van der Waals surface area contributed by atoms with Crippen LogP contribution in [0.25, 0.3) is 16.6 Å². The summed E-state index contributed by atoms with van der Waals surface area (Å²) in [4.78, 5) is 14.9. The van der Waals surface area contributed by atoms with Crippen molar-refractivity contribution in [1.82, 2.24) is 20.0 Å². The van der Waals surface area contributed by atoms with Gasteiger partial charge >= 0.3 is 0 Å². The van der Waals surface area contributed by atoms with E-state index in [0.717, 1.165) is 49.4 Å². The highest BCUT2D eigenvalue weighted by molar-refractivity contribution is 6.06. The van der Waals surface area contributed by atoms with Crippen molar-refractivity contribution in [2.45, 2.75) is 0 Å². The SMILES string of the molecule is O=C(NCCN1CCOCC1)c1cccc2c1cnn2-c1ccc(F)cc1. The summed E-state index contributed by atoms with van der Waals surface area (Å²) in [6.07, 6.45) is 1.68. The van der Waals surface area contributed by atoms with Crippen LogP contribution < -0.4 is 5.32 Å². The van der Waals surface area contributed by atoms with Gasteiger partial charge in [0, 0.05) is 31.6 Å². The Kier molecular flexibility index (Phi) is 5.13. The Bertz CT molecular complexity index is 933. The topological polar surface area (TPSA) is 59.4 Å². The van der Waals surface area contributed by atoms with Gasteiger partial charge in [0.1, 0.15) is 5.82 Å². The molecule has 1 aliphatic rings. The number of nitrogens with zero attached hydrogens (tertiary/aromatic N) is 3. The summed E-state index contributed by atoms with van der Waals surface area (Å²) in [6.45, 7) is 4.68. The molecule has 3 aromatic rings. The molecule has 0 bridgehead atoms. The van der Waals surface area contributed by atoms with E-state index in [9.17, 15) is 9.18 Å². The normalized spacial score (nSPS) is 15.1. The van der Waals surface area contributed by atoms with Gasteiger partial charge in [-0.1, -0.05) is 6.07 Å². The van der Waals surface area contributed by atoms with Crippen LogP contribution in [0.1, 0.15) is 10.4 Å². The molecule has 1 fully saturated rings. The van der Waals surface area contributed by atoms with Crippen LogP contribution >= 0.6 is 0 Å². The average molecular weight is 368 g/mol. The molecule has 27 heavy (non-hydrogen) atoms. The second-order valence-electron chi connectivity index (χ2n) is 6.48. The smallest absolute Gasteiger partial charge is 0.252 e. The van der Waals surface area contributed by atoms with Gasteiger partial charge in [-0.3, -0.25) is 9.69 Å². The Hall–Kier alpha value is -2.77. The minimum atomic E-state index is -0.296. The van der Waals surface area contributed by atoms with Crippen LogP contribution in [0.15, 0.2) is 48.7 Å². The Morgan fingerprint density at radius 3 is 2.70 bits per heavy atom. The van der Waals surface area contributed by atoms with Crippen LogP contribution in [0.5, 0.6) is 0 Å². The maximum Gasteiger partial charge on any atom is 0.252 e. The van der Waals surface area contributed by atoms with Crippen molar-refractivity contribution < 1.29 is 13.9 Å². The summed E-state index contributed by atoms with van der Waals surface area (Å²) < 4.78 is 20.2. The van der Waals surface area contributed by atoms with E-state index in [1.54, 1.807) is 29.1 Å². The molecule has 1 aliphatic heterocycles. The quantitative estimate of drug-likeness (QED) is 0.750. The zero-order chi connectivity index (χ0) is 18.6. The fourth-order valence-electron chi connectivity index (χ4n) is 3.28. The van der Waals surface area contributed by atoms with E-state index in [4.69, 9.17) is 4.74 Å². The maximum absolute atomic E-state index is 13.2. The third-order valence-electron chi connectivity index (χ3n) is 4.75. The van der Waals surface area contributed by atoms with Crippen molar-refractivity contribution in [3.8, 4) is 5.69 Å². The molecule has 6 nitrogen and oxygen atoms in total. The summed E-state index contributed by atoms with van der Waals surface area (Å²) >= 11 is 0. The molecule has 1 aromatic heterocycles. The molecule has 4 rings (SSSR count). The number of aromatic nitrogens is 2. The van der Waals surface area contributed by atoms with Gasteiger partial charge in [-0.2, -0.15) is 5.10 Å². The van der Waals surface area contributed by atoms with Crippen LogP contribution in [0.2, 0.25) is 0 Å². The molecular formula is C20H21FN4O2. The lowest BCUT2D eigenvalue weighted by atomic mass is 10.1. The van der Waals surface area contributed by atoms with E-state index in [-0.39, 0.29) is 11.7 Å². The van der Waals surface area contributed by atoms with Crippen LogP contribution in [-0.4, -0.2) is 60.0 Å². The number of amides is 1. The fraction of sp³-hybridized carbons (Fsp3) is 0.300. The Labute approximate surface area is 156 Å². The number of carbonyl (C=O) groups excluding carboxylic acids is 1. The molecule has 1 N–H and O–H groups in total. The van der Waals surface area contributed by atoms with E-state index in [2.05, 4.69) is 15.3 Å². The number of carbonyl (C=O) groups is 1. The predicted molar refractivity (Wildman–Crippen MR) is 101 cm³/mol. The summed E-state index contributed by atoms with van der Waals surface area (Å²) in [6, 6.07) is 11.6. The van der Waals surface area contributed by atoms with Crippen molar-refractivity contribution in [1.29, 1.82) is 0 Å². The van der Waals surface area contributed by atoms with Crippen LogP contribution in [0.4, 0.5) is 4.39 Å². The highest BCUT2D eigenvalue weighted by Crippen LogP contribution is 2.22. The Morgan fingerprint density at radius 1 is 1.15 bits per heavy atom. The zero-order valence-electron chi connectivity index (χ0n) is 14.9. The van der Waals surface area contributed by atoms with Gasteiger partial charge in [-0.15, -0.1) is 0 Å². The molecule has 140 valence electrons. The molecule has 2 heterocycles. The number of morpholine rings is 1. The van der Waals surface area contributed by atoms with Gasteiger partial charge in [0.2, 0.25) is 0 Å². The Balaban J connectivity index is 1.50. The third kappa shape index (κ3) is 3.84. The van der Waals surface area contributed by atoms with E-state index < -0.39 is 0 Å². The van der Waals surface area contributed by atoms with Crippen LogP contribution in [-0.2, 0) is 4.74 Å². The lowest BCUT2D eigenvalue weighted by Gasteiger charge is -2.26. The fourth-order valence-corrected chi connectivity index (χ4v) is 3.28. The van der Waals surface area contributed by atoms with Crippen LogP contribution in [0.3, 0.4) is 0 Å². The van der Waals surface area contributed by atoms with E-state index in [1.165, 1.54) is 12.1 Å². The van der Waals surface area contributed by atoms with Gasteiger partial charge < -0.3 is 10.1 Å². The average Bonchev–Trinajstić information content (AvgIpc) is 3.13. The minimum Gasteiger partial charge on any atom is -0.379 e. The molecule has 0 aliphatic carbocycles. The molecule has 7 heteroatoms. The summed E-state index contributed by atoms with van der Waals surface area (Å²) in [5.74, 6) is -0.414. The number of hydrogen-bond donors (Lipinski definition) is 1. The lowest BCUT2D eigenvalue weighted by Crippen LogP contribution is -2.41. The standard InChI is InChI=1S/C20H21FN4O2/c21-15-4-6-16(7-5-15)25-19-3-1-2-17(18(19)14-23-25)20(26)22-8-9-24-10-12-27-13-11-24/h1-7,14H,8-13H2,(H,22,26). The van der Waals surface area contributed by atoms with Gasteiger partial charge in [0.25, 0.3) is 5.91 Å². The van der Waals surface area contributed by atoms with Crippen molar-refractivity contribution in [3.05, 3.63) is 60.0 Å². The molecule has 0 saturated carbocycles. The van der Waals surface area contributed by atoms with Crippen molar-refractivity contribution in [2.24, 2.45) is 0 Å². The van der Waals surface area contributed by atoms with Crippen LogP contribution in [0, 0.1) is 5.82 Å². The van der Waals surface area contributed by atoms with Gasteiger partial charge in [0.15, 0.2) is 0 Å². The first-order valence-corrected chi connectivity index (χ1v) is 9.03. The van der Waals surface area contributed by atoms with E-state index >= 15 is 0 Å². The first-order valence-electron chi connectivity index (χ1n) is 9.03. The number of fused-ring (bicyclic) bond motifs is 1. The molecule has 1 saturated heterocycles. The number of benzene rings is 2. The predicted octanol–water partition coefficient (Wildman–Crippen LogP) is 2.23. The molecule has 0 unspecified atom stereocenters. The highest BCUT2D eigenvalue weighted by atomic mass is 19.1. The number of halogens is 1. The van der Waals surface area contributed by atoms with Crippen molar-refractivity contribution in [3.63, 3.8) is 0 Å². The summed E-state index contributed by atoms with van der Waals surface area (Å²) in [5, 5.41) is 8.14. The van der Waals surface area contributed by atoms with Gasteiger partial charge in [-0.25, -0.2) is 9.07 Å². The maximum atomic E-state index is 13.2. The van der Waals surface area contributed by atoms with Crippen molar-refractivity contribution >= 4 is 16.8 Å². The first-order chi connectivity index (χ1) is 13.2. The highest BCUT2D eigenvalue weighted by Gasteiger charge is 2.15. The second-order valence-corrected chi connectivity index (χ2v) is 6.48. The molecular weight excluding hydrogens is 347 g/mol. The molecule has 0 spiro atoms. The second kappa shape index (κ2) is 7.85. The Morgan fingerprint density at radius 2 is 1.93 bits per heavy atom. The number of rotatable bonds is 5. The van der Waals surface area contributed by atoms with E-state index in [0.29, 0.717) is 12.1 Å². The number of ether oxygens (including phenoxy) is 1. The largest absolute Gasteiger partial charge is 0.379 e. The van der Waals surface area contributed by atoms with Gasteiger partial charge in [0.05, 0.1) is 36.2 Å². The molecule has 0 atom stereocenters. The van der Waals surface area contributed by atoms with Crippen molar-refractivity contribution in [2.75, 3.05) is 39.4 Å². The number of hydrogen-bond acceptors (Lipinski definition) is 4. The monoisotopic (exact) mass is 368 g/mol. The minimum absolute atomic E-state index is 0.118. The summed E-state index contributed by atoms with van der Waals surface area (Å²) in [5.41, 5.74) is 2.14. The third-order valence-corrected chi connectivity index (χ3v) is 4.75. The first kappa shape index (κ1) is 17.6. The lowest BCUT2D eigenvalue weighted by molar-refractivity contribution is 0.0383. The van der Waals surface area contributed by atoms with Gasteiger partial charge in [-0.05, 0) is 36.4 Å². The van der Waals surface area contributed by atoms with E-state index in [1.807, 2.05) is 12.1 Å². The molecule has 1 amide bonds. The molecule has 2 aromatic carbocycles. The molecule has 0 radical (unpaired) electrons. The summed E-state index contributed by atoms with van der Waals surface area (Å²) in [7, 11) is 0. The zero-order valence-corrected chi connectivity index (χ0v) is 14.9.